The van der Waals surface area contributed by atoms with Gasteiger partial charge in [0.15, 0.2) is 0 Å². The number of carbonyl (C=O) groups is 1. The molecule has 5 nitrogen and oxygen atoms in total. The Morgan fingerprint density at radius 1 is 1.31 bits per heavy atom. The summed E-state index contributed by atoms with van der Waals surface area (Å²) in [5.41, 5.74) is 0.782. The predicted molar refractivity (Wildman–Crippen MR) is 107 cm³/mol. The van der Waals surface area contributed by atoms with Gasteiger partial charge in [0.1, 0.15) is 11.4 Å². The Hall–Kier alpha value is -1.99. The maximum atomic E-state index is 13.0. The van der Waals surface area contributed by atoms with E-state index in [1.807, 2.05) is 34.8 Å². The minimum Gasteiger partial charge on any atom is -0.341 e. The first-order valence-corrected chi connectivity index (χ1v) is 10.7. The molecule has 0 unspecified atom stereocenters. The van der Waals surface area contributed by atoms with E-state index in [9.17, 15) is 9.59 Å². The number of likely N-dealkylation sites (N-methyl/N-ethyl adjacent to an activating group) is 1. The number of amides is 1. The number of thiophene rings is 2. The van der Waals surface area contributed by atoms with Gasteiger partial charge in [0, 0.05) is 28.9 Å². The minimum atomic E-state index is -0.134. The molecule has 1 aliphatic carbocycles. The number of rotatable bonds is 4. The van der Waals surface area contributed by atoms with Gasteiger partial charge in [-0.05, 0) is 24.3 Å². The van der Waals surface area contributed by atoms with E-state index >= 15 is 0 Å². The fourth-order valence-electron chi connectivity index (χ4n) is 3.62. The van der Waals surface area contributed by atoms with Gasteiger partial charge in [-0.1, -0.05) is 25.3 Å². The first-order chi connectivity index (χ1) is 12.6. The highest BCUT2D eigenvalue weighted by Crippen LogP contribution is 2.33. The van der Waals surface area contributed by atoms with E-state index in [0.29, 0.717) is 11.4 Å². The Bertz CT molecular complexity index is 968. The highest BCUT2D eigenvalue weighted by atomic mass is 32.1. The van der Waals surface area contributed by atoms with Gasteiger partial charge in [0.2, 0.25) is 5.91 Å². The first kappa shape index (κ1) is 17.4. The average Bonchev–Trinajstić information content (AvgIpc) is 3.33. The third kappa shape index (κ3) is 3.21. The fourth-order valence-corrected chi connectivity index (χ4v) is 5.34. The van der Waals surface area contributed by atoms with Gasteiger partial charge < -0.3 is 4.90 Å². The van der Waals surface area contributed by atoms with Crippen LogP contribution < -0.4 is 5.56 Å². The second kappa shape index (κ2) is 7.32. The molecule has 0 aliphatic heterocycles. The van der Waals surface area contributed by atoms with Crippen molar-refractivity contribution in [3.05, 3.63) is 39.6 Å². The monoisotopic (exact) mass is 387 g/mol. The molecule has 136 valence electrons. The van der Waals surface area contributed by atoms with E-state index in [4.69, 9.17) is 0 Å². The van der Waals surface area contributed by atoms with Crippen LogP contribution in [-0.2, 0) is 11.3 Å². The summed E-state index contributed by atoms with van der Waals surface area (Å²) in [5, 5.41) is 4.59. The lowest BCUT2D eigenvalue weighted by atomic mass is 9.94. The normalized spacial score (nSPS) is 15.4. The Morgan fingerprint density at radius 3 is 2.85 bits per heavy atom. The molecule has 0 atom stereocenters. The van der Waals surface area contributed by atoms with Crippen molar-refractivity contribution in [3.63, 3.8) is 0 Å². The van der Waals surface area contributed by atoms with Crippen molar-refractivity contribution in [2.75, 3.05) is 7.05 Å². The predicted octanol–water partition coefficient (Wildman–Crippen LogP) is 3.98. The largest absolute Gasteiger partial charge is 0.341 e. The smallest absolute Gasteiger partial charge is 0.263 e. The highest BCUT2D eigenvalue weighted by molar-refractivity contribution is 7.18. The zero-order valence-electron chi connectivity index (χ0n) is 14.7. The summed E-state index contributed by atoms with van der Waals surface area (Å²) in [6.45, 7) is 0.0501. The molecule has 1 fully saturated rings. The molecular formula is C19H21N3O2S2. The summed E-state index contributed by atoms with van der Waals surface area (Å²) >= 11 is 3.07. The van der Waals surface area contributed by atoms with Gasteiger partial charge in [-0.15, -0.1) is 22.7 Å². The van der Waals surface area contributed by atoms with E-state index in [2.05, 4.69) is 4.98 Å². The molecule has 3 heterocycles. The first-order valence-electron chi connectivity index (χ1n) is 8.91. The van der Waals surface area contributed by atoms with Crippen LogP contribution in [0.25, 0.3) is 20.7 Å². The molecule has 0 radical (unpaired) electrons. The molecule has 0 bridgehead atoms. The van der Waals surface area contributed by atoms with Crippen molar-refractivity contribution < 1.29 is 4.79 Å². The summed E-state index contributed by atoms with van der Waals surface area (Å²) in [7, 11) is 1.86. The van der Waals surface area contributed by atoms with Crippen molar-refractivity contribution >= 4 is 38.8 Å². The zero-order valence-corrected chi connectivity index (χ0v) is 16.3. The van der Waals surface area contributed by atoms with E-state index in [1.165, 1.54) is 41.5 Å². The third-order valence-corrected chi connectivity index (χ3v) is 6.96. The molecule has 0 saturated heterocycles. The molecule has 4 rings (SSSR count). The number of fused-ring (bicyclic) bond motifs is 1. The van der Waals surface area contributed by atoms with Crippen LogP contribution in [0.2, 0.25) is 0 Å². The summed E-state index contributed by atoms with van der Waals surface area (Å²) in [6.07, 6.45) is 7.22. The SMILES string of the molecule is CN(C(=O)Cn1cnc2scc(-c3cccs3)c2c1=O)C1CCCCC1. The number of aromatic nitrogens is 2. The molecule has 1 aliphatic rings. The van der Waals surface area contributed by atoms with Crippen molar-refractivity contribution in [3.8, 4) is 10.4 Å². The third-order valence-electron chi connectivity index (χ3n) is 5.17. The number of carbonyl (C=O) groups excluding carboxylic acids is 1. The second-order valence-electron chi connectivity index (χ2n) is 6.78. The van der Waals surface area contributed by atoms with Gasteiger partial charge >= 0.3 is 0 Å². The van der Waals surface area contributed by atoms with Crippen molar-refractivity contribution in [1.82, 2.24) is 14.5 Å². The van der Waals surface area contributed by atoms with Crippen LogP contribution in [0.3, 0.4) is 0 Å². The molecule has 1 saturated carbocycles. The van der Waals surface area contributed by atoms with Crippen molar-refractivity contribution in [2.24, 2.45) is 0 Å². The lowest BCUT2D eigenvalue weighted by molar-refractivity contribution is -0.133. The lowest BCUT2D eigenvalue weighted by Gasteiger charge is -2.31. The topological polar surface area (TPSA) is 55.2 Å². The summed E-state index contributed by atoms with van der Waals surface area (Å²) in [4.78, 5) is 33.7. The molecule has 1 amide bonds. The maximum Gasteiger partial charge on any atom is 0.263 e. The maximum absolute atomic E-state index is 13.0. The van der Waals surface area contributed by atoms with Gasteiger partial charge in [-0.2, -0.15) is 0 Å². The van der Waals surface area contributed by atoms with E-state index in [0.717, 1.165) is 28.1 Å². The summed E-state index contributed by atoms with van der Waals surface area (Å²) in [6, 6.07) is 4.28. The van der Waals surface area contributed by atoms with Crippen LogP contribution in [0.1, 0.15) is 32.1 Å². The number of hydrogen-bond donors (Lipinski definition) is 0. The van der Waals surface area contributed by atoms with Crippen molar-refractivity contribution in [1.29, 1.82) is 0 Å². The standard InChI is InChI=1S/C19H21N3O2S2/c1-21(13-6-3-2-4-7-13)16(23)10-22-12-20-18-17(19(22)24)14(11-26-18)15-8-5-9-25-15/h5,8-9,11-13H,2-4,6-7,10H2,1H3. The van der Waals surface area contributed by atoms with Crippen LogP contribution in [0.4, 0.5) is 0 Å². The van der Waals surface area contributed by atoms with Gasteiger partial charge in [-0.25, -0.2) is 4.98 Å². The van der Waals surface area contributed by atoms with Crippen LogP contribution in [0.5, 0.6) is 0 Å². The number of nitrogens with zero attached hydrogens (tertiary/aromatic N) is 3. The number of hydrogen-bond acceptors (Lipinski definition) is 5. The Balaban J connectivity index is 1.62. The van der Waals surface area contributed by atoms with E-state index < -0.39 is 0 Å². The van der Waals surface area contributed by atoms with Gasteiger partial charge in [0.05, 0.1) is 11.7 Å². The summed E-state index contributed by atoms with van der Waals surface area (Å²) in [5.74, 6) is -0.0203. The lowest BCUT2D eigenvalue weighted by Crippen LogP contribution is -2.41. The van der Waals surface area contributed by atoms with Crippen LogP contribution >= 0.6 is 22.7 Å². The Kier molecular flexibility index (Phi) is 4.91. The molecule has 26 heavy (non-hydrogen) atoms. The van der Waals surface area contributed by atoms with Gasteiger partial charge in [-0.3, -0.25) is 14.2 Å². The average molecular weight is 388 g/mol. The Morgan fingerprint density at radius 2 is 2.12 bits per heavy atom. The van der Waals surface area contributed by atoms with Crippen molar-refractivity contribution in [2.45, 2.75) is 44.7 Å². The van der Waals surface area contributed by atoms with Crippen LogP contribution in [-0.4, -0.2) is 33.4 Å². The fraction of sp³-hybridized carbons (Fsp3) is 0.421. The molecule has 0 aromatic carbocycles. The van der Waals surface area contributed by atoms with E-state index in [-0.39, 0.29) is 18.0 Å². The molecule has 7 heteroatoms. The minimum absolute atomic E-state index is 0.0203. The Labute approximate surface area is 159 Å². The van der Waals surface area contributed by atoms with Crippen LogP contribution in [0, 0.1) is 0 Å². The molecule has 3 aromatic heterocycles. The quantitative estimate of drug-likeness (QED) is 0.680. The van der Waals surface area contributed by atoms with Gasteiger partial charge in [0.25, 0.3) is 5.56 Å². The molecular weight excluding hydrogens is 366 g/mol. The molecule has 3 aromatic rings. The van der Waals surface area contributed by atoms with Crippen LogP contribution in [0.15, 0.2) is 34.0 Å². The second-order valence-corrected chi connectivity index (χ2v) is 8.59. The highest BCUT2D eigenvalue weighted by Gasteiger charge is 2.23. The summed E-state index contributed by atoms with van der Waals surface area (Å²) < 4.78 is 1.45. The molecule has 0 spiro atoms. The zero-order chi connectivity index (χ0) is 18.1. The van der Waals surface area contributed by atoms with E-state index in [1.54, 1.807) is 11.3 Å². The molecule has 0 N–H and O–H groups in total.